The Morgan fingerprint density at radius 2 is 1.90 bits per heavy atom. The van der Waals surface area contributed by atoms with Crippen molar-refractivity contribution < 1.29 is 9.26 Å². The molecule has 0 saturated carbocycles. The molecule has 0 bridgehead atoms. The van der Waals surface area contributed by atoms with Crippen molar-refractivity contribution in [2.75, 3.05) is 33.3 Å². The molecule has 21 heavy (non-hydrogen) atoms. The molecular weight excluding hydrogens is 268 g/mol. The van der Waals surface area contributed by atoms with Crippen molar-refractivity contribution in [2.45, 2.75) is 13.1 Å². The van der Waals surface area contributed by atoms with E-state index in [9.17, 15) is 0 Å². The van der Waals surface area contributed by atoms with Gasteiger partial charge in [0.15, 0.2) is 0 Å². The lowest BCUT2D eigenvalue weighted by molar-refractivity contribution is 0.120. The van der Waals surface area contributed by atoms with Crippen LogP contribution in [0.15, 0.2) is 35.2 Å². The third-order valence-corrected chi connectivity index (χ3v) is 3.76. The summed E-state index contributed by atoms with van der Waals surface area (Å²) in [6, 6.07) is 5.97. The van der Waals surface area contributed by atoms with Crippen molar-refractivity contribution in [3.8, 4) is 5.88 Å². The summed E-state index contributed by atoms with van der Waals surface area (Å²) in [5.74, 6) is 0.678. The van der Waals surface area contributed by atoms with Crippen molar-refractivity contribution in [3.63, 3.8) is 0 Å². The molecule has 0 spiro atoms. The summed E-state index contributed by atoms with van der Waals surface area (Å²) in [6.07, 6.45) is 3.43. The molecule has 0 aliphatic carbocycles. The van der Waals surface area contributed by atoms with E-state index in [0.717, 1.165) is 45.0 Å². The fourth-order valence-corrected chi connectivity index (χ4v) is 2.57. The number of hydrogen-bond donors (Lipinski definition) is 0. The Morgan fingerprint density at radius 1 is 1.14 bits per heavy atom. The first-order valence-corrected chi connectivity index (χ1v) is 7.16. The van der Waals surface area contributed by atoms with Crippen LogP contribution < -0.4 is 4.74 Å². The van der Waals surface area contributed by atoms with Crippen molar-refractivity contribution in [1.29, 1.82) is 0 Å². The molecule has 112 valence electrons. The number of pyridine rings is 1. The molecule has 0 N–H and O–H groups in total. The van der Waals surface area contributed by atoms with Crippen LogP contribution >= 0.6 is 0 Å². The van der Waals surface area contributed by atoms with Gasteiger partial charge in [-0.1, -0.05) is 5.16 Å². The fraction of sp³-hybridized carbons (Fsp3) is 0.467. The van der Waals surface area contributed by atoms with E-state index in [1.807, 2.05) is 18.2 Å². The number of aromatic nitrogens is 2. The van der Waals surface area contributed by atoms with Crippen LogP contribution in [0.1, 0.15) is 11.3 Å². The van der Waals surface area contributed by atoms with E-state index in [-0.39, 0.29) is 0 Å². The number of methoxy groups -OCH3 is 1. The van der Waals surface area contributed by atoms with Gasteiger partial charge < -0.3 is 9.26 Å². The Bertz CT molecular complexity index is 551. The van der Waals surface area contributed by atoms with Crippen LogP contribution in [0.25, 0.3) is 0 Å². The Kier molecular flexibility index (Phi) is 4.47. The maximum atomic E-state index is 5.17. The summed E-state index contributed by atoms with van der Waals surface area (Å²) in [4.78, 5) is 9.00. The molecule has 1 aliphatic rings. The zero-order valence-corrected chi connectivity index (χ0v) is 12.2. The molecule has 6 nitrogen and oxygen atoms in total. The van der Waals surface area contributed by atoms with Gasteiger partial charge in [0, 0.05) is 57.6 Å². The lowest BCUT2D eigenvalue weighted by Crippen LogP contribution is -2.45. The van der Waals surface area contributed by atoms with E-state index in [1.54, 1.807) is 19.6 Å². The monoisotopic (exact) mass is 288 g/mol. The van der Waals surface area contributed by atoms with Crippen LogP contribution in [-0.4, -0.2) is 53.2 Å². The average Bonchev–Trinajstić information content (AvgIpc) is 3.02. The van der Waals surface area contributed by atoms with E-state index < -0.39 is 0 Å². The normalized spacial score (nSPS) is 17.0. The van der Waals surface area contributed by atoms with Crippen LogP contribution in [0, 0.1) is 0 Å². The van der Waals surface area contributed by atoms with Crippen molar-refractivity contribution in [1.82, 2.24) is 19.9 Å². The van der Waals surface area contributed by atoms with Gasteiger partial charge in [-0.15, -0.1) is 0 Å². The molecule has 0 aromatic carbocycles. The Labute approximate surface area is 124 Å². The predicted molar refractivity (Wildman–Crippen MR) is 77.8 cm³/mol. The topological polar surface area (TPSA) is 54.6 Å². The van der Waals surface area contributed by atoms with Crippen LogP contribution in [0.5, 0.6) is 5.88 Å². The SMILES string of the molecule is COc1cc(CN2CCN(Cc3ccon3)CC2)ccn1. The molecule has 3 heterocycles. The molecule has 1 saturated heterocycles. The molecule has 6 heteroatoms. The van der Waals surface area contributed by atoms with E-state index >= 15 is 0 Å². The van der Waals surface area contributed by atoms with Gasteiger partial charge in [-0.05, 0) is 11.6 Å². The standard InChI is InChI=1S/C15H20N4O2/c1-20-15-10-13(2-4-16-15)11-18-5-7-19(8-6-18)12-14-3-9-21-17-14/h2-4,9-10H,5-8,11-12H2,1H3. The van der Waals surface area contributed by atoms with Gasteiger partial charge in [-0.25, -0.2) is 4.98 Å². The molecule has 1 aliphatic heterocycles. The molecule has 0 atom stereocenters. The number of rotatable bonds is 5. The molecule has 2 aromatic rings. The van der Waals surface area contributed by atoms with Crippen LogP contribution in [0.2, 0.25) is 0 Å². The minimum atomic E-state index is 0.678. The van der Waals surface area contributed by atoms with Gasteiger partial charge in [0.05, 0.1) is 12.8 Å². The highest BCUT2D eigenvalue weighted by molar-refractivity contribution is 5.20. The highest BCUT2D eigenvalue weighted by Crippen LogP contribution is 2.13. The van der Waals surface area contributed by atoms with Gasteiger partial charge in [-0.2, -0.15) is 0 Å². The summed E-state index contributed by atoms with van der Waals surface area (Å²) >= 11 is 0. The van der Waals surface area contributed by atoms with E-state index in [4.69, 9.17) is 9.26 Å². The Hall–Kier alpha value is -1.92. The first-order chi connectivity index (χ1) is 10.3. The highest BCUT2D eigenvalue weighted by atomic mass is 16.5. The Morgan fingerprint density at radius 3 is 2.57 bits per heavy atom. The Balaban J connectivity index is 1.49. The summed E-state index contributed by atoms with van der Waals surface area (Å²) in [7, 11) is 1.65. The van der Waals surface area contributed by atoms with Gasteiger partial charge >= 0.3 is 0 Å². The van der Waals surface area contributed by atoms with E-state index in [1.165, 1.54) is 5.56 Å². The molecule has 0 amide bonds. The highest BCUT2D eigenvalue weighted by Gasteiger charge is 2.18. The van der Waals surface area contributed by atoms with Crippen LogP contribution in [0.3, 0.4) is 0 Å². The van der Waals surface area contributed by atoms with Crippen molar-refractivity contribution in [2.24, 2.45) is 0 Å². The maximum absolute atomic E-state index is 5.17. The first-order valence-electron chi connectivity index (χ1n) is 7.16. The predicted octanol–water partition coefficient (Wildman–Crippen LogP) is 1.40. The molecule has 0 unspecified atom stereocenters. The molecule has 0 radical (unpaired) electrons. The first kappa shape index (κ1) is 14.0. The number of hydrogen-bond acceptors (Lipinski definition) is 6. The van der Waals surface area contributed by atoms with Crippen LogP contribution in [-0.2, 0) is 13.1 Å². The smallest absolute Gasteiger partial charge is 0.213 e. The van der Waals surface area contributed by atoms with Crippen molar-refractivity contribution in [3.05, 3.63) is 41.9 Å². The third kappa shape index (κ3) is 3.80. The second kappa shape index (κ2) is 6.69. The van der Waals surface area contributed by atoms with E-state index in [0.29, 0.717) is 5.88 Å². The van der Waals surface area contributed by atoms with Gasteiger partial charge in [0.25, 0.3) is 0 Å². The van der Waals surface area contributed by atoms with Crippen molar-refractivity contribution >= 4 is 0 Å². The minimum absolute atomic E-state index is 0.678. The largest absolute Gasteiger partial charge is 0.481 e. The minimum Gasteiger partial charge on any atom is -0.481 e. The summed E-state index contributed by atoms with van der Waals surface area (Å²) in [5, 5.41) is 3.97. The van der Waals surface area contributed by atoms with Gasteiger partial charge in [-0.3, -0.25) is 9.80 Å². The quantitative estimate of drug-likeness (QED) is 0.829. The van der Waals surface area contributed by atoms with Gasteiger partial charge in [0.2, 0.25) is 5.88 Å². The number of nitrogens with zero attached hydrogens (tertiary/aromatic N) is 4. The fourth-order valence-electron chi connectivity index (χ4n) is 2.57. The number of ether oxygens (including phenoxy) is 1. The second-order valence-corrected chi connectivity index (χ2v) is 5.25. The molecule has 1 fully saturated rings. The molecular formula is C15H20N4O2. The van der Waals surface area contributed by atoms with E-state index in [2.05, 4.69) is 19.9 Å². The van der Waals surface area contributed by atoms with Crippen LogP contribution in [0.4, 0.5) is 0 Å². The molecule has 2 aromatic heterocycles. The summed E-state index contributed by atoms with van der Waals surface area (Å²) in [5.41, 5.74) is 2.24. The molecule has 3 rings (SSSR count). The third-order valence-electron chi connectivity index (χ3n) is 3.76. The maximum Gasteiger partial charge on any atom is 0.213 e. The summed E-state index contributed by atoms with van der Waals surface area (Å²) < 4.78 is 10.0. The zero-order chi connectivity index (χ0) is 14.5. The average molecular weight is 288 g/mol. The second-order valence-electron chi connectivity index (χ2n) is 5.25. The van der Waals surface area contributed by atoms with Gasteiger partial charge in [0.1, 0.15) is 6.26 Å². The lowest BCUT2D eigenvalue weighted by atomic mass is 10.2. The summed E-state index contributed by atoms with van der Waals surface area (Å²) in [6.45, 7) is 6.03. The lowest BCUT2D eigenvalue weighted by Gasteiger charge is -2.34. The zero-order valence-electron chi connectivity index (χ0n) is 12.2. The number of piperazine rings is 1.